The van der Waals surface area contributed by atoms with E-state index in [0.717, 1.165) is 18.4 Å². The Morgan fingerprint density at radius 1 is 1.24 bits per heavy atom. The maximum absolute atomic E-state index is 12.3. The molecule has 21 heavy (non-hydrogen) atoms. The SMILES string of the molecule is CC(C)(CC(=O)O)CC(=O)NC(c1ccccc1)C1CC1. The van der Waals surface area contributed by atoms with Gasteiger partial charge in [0.25, 0.3) is 0 Å². The predicted octanol–water partition coefficient (Wildman–Crippen LogP) is 3.14. The normalized spacial score (nSPS) is 16.3. The smallest absolute Gasteiger partial charge is 0.303 e. The van der Waals surface area contributed by atoms with Crippen LogP contribution in [0.25, 0.3) is 0 Å². The van der Waals surface area contributed by atoms with Gasteiger partial charge in [0.15, 0.2) is 0 Å². The quantitative estimate of drug-likeness (QED) is 0.810. The summed E-state index contributed by atoms with van der Waals surface area (Å²) in [6.45, 7) is 3.63. The lowest BCUT2D eigenvalue weighted by Crippen LogP contribution is -2.33. The summed E-state index contributed by atoms with van der Waals surface area (Å²) < 4.78 is 0. The largest absolute Gasteiger partial charge is 0.481 e. The number of nitrogens with one attached hydrogen (secondary N) is 1. The van der Waals surface area contributed by atoms with Crippen LogP contribution in [0.1, 0.15) is 51.1 Å². The molecule has 4 nitrogen and oxygen atoms in total. The zero-order chi connectivity index (χ0) is 15.5. The summed E-state index contributed by atoms with van der Waals surface area (Å²) in [5.74, 6) is -0.421. The van der Waals surface area contributed by atoms with Gasteiger partial charge in [-0.1, -0.05) is 44.2 Å². The zero-order valence-electron chi connectivity index (χ0n) is 12.6. The molecule has 1 unspecified atom stereocenters. The molecule has 1 fully saturated rings. The molecular weight excluding hydrogens is 266 g/mol. The van der Waals surface area contributed by atoms with E-state index in [2.05, 4.69) is 5.32 Å². The summed E-state index contributed by atoms with van der Waals surface area (Å²) in [5.41, 5.74) is 0.602. The summed E-state index contributed by atoms with van der Waals surface area (Å²) in [7, 11) is 0. The van der Waals surface area contributed by atoms with Crippen molar-refractivity contribution in [2.75, 3.05) is 0 Å². The van der Waals surface area contributed by atoms with Gasteiger partial charge < -0.3 is 10.4 Å². The maximum atomic E-state index is 12.3. The van der Waals surface area contributed by atoms with Crippen molar-refractivity contribution in [2.24, 2.45) is 11.3 Å². The monoisotopic (exact) mass is 289 g/mol. The number of rotatable bonds is 7. The molecule has 1 aromatic rings. The highest BCUT2D eigenvalue weighted by Gasteiger charge is 2.34. The summed E-state index contributed by atoms with van der Waals surface area (Å²) in [5, 5.41) is 12.0. The van der Waals surface area contributed by atoms with Crippen LogP contribution in [-0.4, -0.2) is 17.0 Å². The number of benzene rings is 1. The van der Waals surface area contributed by atoms with Gasteiger partial charge in [-0.3, -0.25) is 9.59 Å². The molecule has 4 heteroatoms. The van der Waals surface area contributed by atoms with Crippen molar-refractivity contribution in [3.63, 3.8) is 0 Å². The Morgan fingerprint density at radius 2 is 1.86 bits per heavy atom. The van der Waals surface area contributed by atoms with Gasteiger partial charge in [0.05, 0.1) is 12.5 Å². The van der Waals surface area contributed by atoms with E-state index in [-0.39, 0.29) is 24.8 Å². The van der Waals surface area contributed by atoms with Crippen LogP contribution in [-0.2, 0) is 9.59 Å². The van der Waals surface area contributed by atoms with Gasteiger partial charge >= 0.3 is 5.97 Å². The van der Waals surface area contributed by atoms with Gasteiger partial charge in [-0.2, -0.15) is 0 Å². The van der Waals surface area contributed by atoms with Gasteiger partial charge in [-0.15, -0.1) is 0 Å². The highest BCUT2D eigenvalue weighted by atomic mass is 16.4. The lowest BCUT2D eigenvalue weighted by atomic mass is 9.85. The Hall–Kier alpha value is -1.84. The topological polar surface area (TPSA) is 66.4 Å². The zero-order valence-corrected chi connectivity index (χ0v) is 12.6. The second kappa shape index (κ2) is 6.29. The van der Waals surface area contributed by atoms with E-state index in [4.69, 9.17) is 5.11 Å². The summed E-state index contributed by atoms with van der Waals surface area (Å²) in [6.07, 6.45) is 2.51. The van der Waals surface area contributed by atoms with Crippen LogP contribution in [0.2, 0.25) is 0 Å². The lowest BCUT2D eigenvalue weighted by Gasteiger charge is -2.24. The number of carbonyl (C=O) groups excluding carboxylic acids is 1. The van der Waals surface area contributed by atoms with Crippen molar-refractivity contribution < 1.29 is 14.7 Å². The molecule has 0 spiro atoms. The second-order valence-electron chi connectivity index (χ2n) is 6.70. The third-order valence-corrected chi connectivity index (χ3v) is 3.84. The Balaban J connectivity index is 1.98. The van der Waals surface area contributed by atoms with Crippen LogP contribution >= 0.6 is 0 Å². The van der Waals surface area contributed by atoms with E-state index in [1.54, 1.807) is 0 Å². The number of hydrogen-bond donors (Lipinski definition) is 2. The molecule has 0 saturated heterocycles. The van der Waals surface area contributed by atoms with Gasteiger partial charge in [0.1, 0.15) is 0 Å². The fourth-order valence-corrected chi connectivity index (χ4v) is 2.69. The number of amides is 1. The average molecular weight is 289 g/mol. The highest BCUT2D eigenvalue weighted by Crippen LogP contribution is 2.41. The molecule has 2 rings (SSSR count). The van der Waals surface area contributed by atoms with E-state index < -0.39 is 11.4 Å². The van der Waals surface area contributed by atoms with Crippen molar-refractivity contribution in [2.45, 2.75) is 45.6 Å². The van der Waals surface area contributed by atoms with E-state index >= 15 is 0 Å². The number of aliphatic carboxylic acids is 1. The number of hydrogen-bond acceptors (Lipinski definition) is 2. The van der Waals surface area contributed by atoms with Crippen LogP contribution in [0.5, 0.6) is 0 Å². The summed E-state index contributed by atoms with van der Waals surface area (Å²) >= 11 is 0. The Morgan fingerprint density at radius 3 is 2.38 bits per heavy atom. The summed E-state index contributed by atoms with van der Waals surface area (Å²) in [6, 6.07) is 10.0. The summed E-state index contributed by atoms with van der Waals surface area (Å²) in [4.78, 5) is 23.1. The molecule has 0 heterocycles. The minimum Gasteiger partial charge on any atom is -0.481 e. The van der Waals surface area contributed by atoms with Gasteiger partial charge in [-0.25, -0.2) is 0 Å². The van der Waals surface area contributed by atoms with E-state index in [9.17, 15) is 9.59 Å². The van der Waals surface area contributed by atoms with Crippen molar-refractivity contribution in [3.05, 3.63) is 35.9 Å². The van der Waals surface area contributed by atoms with E-state index in [1.807, 2.05) is 44.2 Å². The van der Waals surface area contributed by atoms with Crippen LogP contribution in [0.15, 0.2) is 30.3 Å². The Bertz CT molecular complexity index is 506. The first-order chi connectivity index (χ1) is 9.87. The van der Waals surface area contributed by atoms with Crippen molar-refractivity contribution in [1.29, 1.82) is 0 Å². The fraction of sp³-hybridized carbons (Fsp3) is 0.529. The molecule has 0 aromatic heterocycles. The second-order valence-corrected chi connectivity index (χ2v) is 6.70. The number of carbonyl (C=O) groups is 2. The van der Waals surface area contributed by atoms with Crippen molar-refractivity contribution in [3.8, 4) is 0 Å². The molecule has 1 atom stereocenters. The van der Waals surface area contributed by atoms with Gasteiger partial charge in [0, 0.05) is 6.42 Å². The lowest BCUT2D eigenvalue weighted by molar-refractivity contribution is -0.139. The minimum absolute atomic E-state index is 0.000147. The number of carboxylic acids is 1. The third kappa shape index (κ3) is 4.88. The third-order valence-electron chi connectivity index (χ3n) is 3.84. The molecule has 0 aliphatic heterocycles. The molecule has 1 aromatic carbocycles. The highest BCUT2D eigenvalue weighted by molar-refractivity contribution is 5.78. The predicted molar refractivity (Wildman–Crippen MR) is 80.7 cm³/mol. The maximum Gasteiger partial charge on any atom is 0.303 e. The molecule has 1 amide bonds. The average Bonchev–Trinajstić information content (AvgIpc) is 3.19. The Kier molecular flexibility index (Phi) is 4.66. The van der Waals surface area contributed by atoms with Crippen LogP contribution in [0.3, 0.4) is 0 Å². The molecule has 1 aliphatic rings. The van der Waals surface area contributed by atoms with Crippen LogP contribution in [0, 0.1) is 11.3 Å². The molecule has 114 valence electrons. The molecular formula is C17H23NO3. The molecule has 1 aliphatic carbocycles. The van der Waals surface area contributed by atoms with Gasteiger partial charge in [0.2, 0.25) is 5.91 Å². The van der Waals surface area contributed by atoms with E-state index in [0.29, 0.717) is 5.92 Å². The molecule has 1 saturated carbocycles. The fourth-order valence-electron chi connectivity index (χ4n) is 2.69. The first-order valence-corrected chi connectivity index (χ1v) is 7.43. The van der Waals surface area contributed by atoms with E-state index in [1.165, 1.54) is 0 Å². The molecule has 0 bridgehead atoms. The van der Waals surface area contributed by atoms with Crippen LogP contribution in [0.4, 0.5) is 0 Å². The van der Waals surface area contributed by atoms with Crippen LogP contribution < -0.4 is 5.32 Å². The molecule has 2 N–H and O–H groups in total. The first-order valence-electron chi connectivity index (χ1n) is 7.43. The number of carboxylic acid groups (broad SMARTS) is 1. The molecule has 0 radical (unpaired) electrons. The van der Waals surface area contributed by atoms with Gasteiger partial charge in [-0.05, 0) is 29.7 Å². The first kappa shape index (κ1) is 15.5. The Labute approximate surface area is 125 Å². The van der Waals surface area contributed by atoms with Crippen molar-refractivity contribution in [1.82, 2.24) is 5.32 Å². The van der Waals surface area contributed by atoms with Crippen molar-refractivity contribution >= 4 is 11.9 Å². The standard InChI is InChI=1S/C17H23NO3/c1-17(2,11-15(20)21)10-14(19)18-16(13-8-9-13)12-6-4-3-5-7-12/h3-7,13,16H,8-11H2,1-2H3,(H,18,19)(H,20,21). The minimum atomic E-state index is -0.866.